The largest absolute Gasteiger partial charge is 0.302 e. The molecule has 96 valence electrons. The van der Waals surface area contributed by atoms with Gasteiger partial charge in [-0.05, 0) is 37.9 Å². The van der Waals surface area contributed by atoms with Gasteiger partial charge in [-0.2, -0.15) is 0 Å². The molecule has 0 fully saturated rings. The molecule has 2 unspecified atom stereocenters. The van der Waals surface area contributed by atoms with Gasteiger partial charge in [-0.3, -0.25) is 5.32 Å². The Hall–Kier alpha value is -0.570. The molecule has 1 aromatic carbocycles. The van der Waals surface area contributed by atoms with Crippen molar-refractivity contribution >= 4 is 11.6 Å². The maximum absolute atomic E-state index is 6.19. The summed E-state index contributed by atoms with van der Waals surface area (Å²) in [6.07, 6.45) is 2.56. The molecule has 0 aliphatic carbocycles. The minimum Gasteiger partial charge on any atom is -0.302 e. The van der Waals surface area contributed by atoms with Crippen molar-refractivity contribution in [1.82, 2.24) is 10.6 Å². The van der Waals surface area contributed by atoms with E-state index in [1.165, 1.54) is 0 Å². The van der Waals surface area contributed by atoms with Gasteiger partial charge < -0.3 is 5.32 Å². The predicted molar refractivity (Wildman–Crippen MR) is 75.4 cm³/mol. The van der Waals surface area contributed by atoms with Crippen LogP contribution in [0.5, 0.6) is 0 Å². The fourth-order valence-corrected chi connectivity index (χ4v) is 2.16. The van der Waals surface area contributed by atoms with Gasteiger partial charge in [0.25, 0.3) is 0 Å². The lowest BCUT2D eigenvalue weighted by Crippen LogP contribution is -2.43. The third-order valence-corrected chi connectivity index (χ3v) is 3.22. The van der Waals surface area contributed by atoms with Crippen LogP contribution < -0.4 is 10.6 Å². The molecule has 0 heterocycles. The average molecular weight is 255 g/mol. The number of halogens is 1. The molecule has 2 N–H and O–H groups in total. The van der Waals surface area contributed by atoms with Gasteiger partial charge in [-0.1, -0.05) is 43.6 Å². The monoisotopic (exact) mass is 254 g/mol. The Bertz CT molecular complexity index is 328. The minimum absolute atomic E-state index is 0.262. The molecule has 3 heteroatoms. The van der Waals surface area contributed by atoms with E-state index in [1.54, 1.807) is 0 Å². The van der Waals surface area contributed by atoms with E-state index in [0.29, 0.717) is 6.17 Å². The first-order valence-corrected chi connectivity index (χ1v) is 6.80. The van der Waals surface area contributed by atoms with Crippen LogP contribution in [0.3, 0.4) is 0 Å². The van der Waals surface area contributed by atoms with Crippen molar-refractivity contribution < 1.29 is 0 Å². The lowest BCUT2D eigenvalue weighted by Gasteiger charge is -2.24. The zero-order chi connectivity index (χ0) is 12.7. The lowest BCUT2D eigenvalue weighted by atomic mass is 10.1. The van der Waals surface area contributed by atoms with Gasteiger partial charge in [0.15, 0.2) is 0 Å². The highest BCUT2D eigenvalue weighted by Crippen LogP contribution is 2.22. The van der Waals surface area contributed by atoms with Crippen LogP contribution in [0.2, 0.25) is 5.02 Å². The van der Waals surface area contributed by atoms with E-state index in [4.69, 9.17) is 11.6 Å². The van der Waals surface area contributed by atoms with Gasteiger partial charge in [0, 0.05) is 11.1 Å². The van der Waals surface area contributed by atoms with Gasteiger partial charge in [0.1, 0.15) is 0 Å². The molecule has 1 aromatic rings. The summed E-state index contributed by atoms with van der Waals surface area (Å²) in [6.45, 7) is 7.55. The molecule has 0 spiro atoms. The molecule has 0 aliphatic heterocycles. The maximum Gasteiger partial charge on any atom is 0.0573 e. The second-order valence-corrected chi connectivity index (χ2v) is 4.73. The molecule has 1 rings (SSSR count). The first-order chi connectivity index (χ1) is 8.19. The van der Waals surface area contributed by atoms with Crippen LogP contribution in [-0.4, -0.2) is 12.7 Å². The molecule has 0 saturated carbocycles. The quantitative estimate of drug-likeness (QED) is 0.725. The minimum atomic E-state index is 0.262. The molecular weight excluding hydrogens is 232 g/mol. The van der Waals surface area contributed by atoms with Crippen LogP contribution in [0.25, 0.3) is 0 Å². The Morgan fingerprint density at radius 2 is 1.94 bits per heavy atom. The van der Waals surface area contributed by atoms with E-state index >= 15 is 0 Å². The van der Waals surface area contributed by atoms with Crippen molar-refractivity contribution in [3.63, 3.8) is 0 Å². The van der Waals surface area contributed by atoms with E-state index in [9.17, 15) is 0 Å². The van der Waals surface area contributed by atoms with E-state index < -0.39 is 0 Å². The number of benzene rings is 1. The Morgan fingerprint density at radius 3 is 2.53 bits per heavy atom. The summed E-state index contributed by atoms with van der Waals surface area (Å²) in [7, 11) is 0. The molecule has 2 atom stereocenters. The Balaban J connectivity index is 2.58. The topological polar surface area (TPSA) is 24.1 Å². The summed E-state index contributed by atoms with van der Waals surface area (Å²) in [5.74, 6) is 0. The standard InChI is InChI=1S/C14H23ClN2/c1-4-10-16-14(5-2)17-11(3)12-8-6-7-9-13(12)15/h6-9,11,14,16-17H,4-5,10H2,1-3H3. The second-order valence-electron chi connectivity index (χ2n) is 4.32. The third-order valence-electron chi connectivity index (χ3n) is 2.87. The number of hydrogen-bond acceptors (Lipinski definition) is 2. The third kappa shape index (κ3) is 4.66. The molecule has 0 aromatic heterocycles. The van der Waals surface area contributed by atoms with Crippen LogP contribution in [0.4, 0.5) is 0 Å². The highest BCUT2D eigenvalue weighted by Gasteiger charge is 2.12. The first kappa shape index (κ1) is 14.5. The fourth-order valence-electron chi connectivity index (χ4n) is 1.86. The SMILES string of the molecule is CCCNC(CC)NC(C)c1ccccc1Cl. The molecule has 0 amide bonds. The van der Waals surface area contributed by atoms with Crippen LogP contribution in [0.15, 0.2) is 24.3 Å². The summed E-state index contributed by atoms with van der Waals surface area (Å²) in [6, 6.07) is 8.27. The average Bonchev–Trinajstić information content (AvgIpc) is 2.34. The highest BCUT2D eigenvalue weighted by atomic mass is 35.5. The zero-order valence-corrected chi connectivity index (χ0v) is 11.7. The molecule has 0 saturated heterocycles. The summed E-state index contributed by atoms with van der Waals surface area (Å²) in [4.78, 5) is 0. The molecule has 0 radical (unpaired) electrons. The summed E-state index contributed by atoms with van der Waals surface area (Å²) in [5.41, 5.74) is 1.16. The number of rotatable bonds is 7. The first-order valence-electron chi connectivity index (χ1n) is 6.42. The Morgan fingerprint density at radius 1 is 1.24 bits per heavy atom. The van der Waals surface area contributed by atoms with Gasteiger partial charge in [0.05, 0.1) is 6.17 Å². The summed E-state index contributed by atoms with van der Waals surface area (Å²) >= 11 is 6.19. The van der Waals surface area contributed by atoms with E-state index in [0.717, 1.165) is 30.0 Å². The number of nitrogens with one attached hydrogen (secondary N) is 2. The van der Waals surface area contributed by atoms with Crippen molar-refractivity contribution in [3.8, 4) is 0 Å². The summed E-state index contributed by atoms with van der Waals surface area (Å²) in [5, 5.41) is 7.88. The van der Waals surface area contributed by atoms with Crippen LogP contribution >= 0.6 is 11.6 Å². The van der Waals surface area contributed by atoms with Crippen LogP contribution in [0, 0.1) is 0 Å². The van der Waals surface area contributed by atoms with Crippen molar-refractivity contribution in [2.24, 2.45) is 0 Å². The Kier molecular flexibility index (Phi) is 6.56. The van der Waals surface area contributed by atoms with E-state index in [-0.39, 0.29) is 6.04 Å². The molecular formula is C14H23ClN2. The van der Waals surface area contributed by atoms with Crippen molar-refractivity contribution in [2.75, 3.05) is 6.54 Å². The molecule has 2 nitrogen and oxygen atoms in total. The van der Waals surface area contributed by atoms with Crippen LogP contribution in [-0.2, 0) is 0 Å². The molecule has 0 aliphatic rings. The Labute approximate surface area is 110 Å². The smallest absolute Gasteiger partial charge is 0.0573 e. The van der Waals surface area contributed by atoms with E-state index in [1.807, 2.05) is 18.2 Å². The molecule has 17 heavy (non-hydrogen) atoms. The van der Waals surface area contributed by atoms with E-state index in [2.05, 4.69) is 37.5 Å². The number of hydrogen-bond donors (Lipinski definition) is 2. The van der Waals surface area contributed by atoms with Crippen LogP contribution in [0.1, 0.15) is 45.2 Å². The van der Waals surface area contributed by atoms with Gasteiger partial charge in [-0.25, -0.2) is 0 Å². The van der Waals surface area contributed by atoms with Crippen molar-refractivity contribution in [2.45, 2.75) is 45.8 Å². The highest BCUT2D eigenvalue weighted by molar-refractivity contribution is 6.31. The fraction of sp³-hybridized carbons (Fsp3) is 0.571. The van der Waals surface area contributed by atoms with Gasteiger partial charge >= 0.3 is 0 Å². The lowest BCUT2D eigenvalue weighted by molar-refractivity contribution is 0.377. The normalized spacial score (nSPS) is 14.6. The van der Waals surface area contributed by atoms with Gasteiger partial charge in [0.2, 0.25) is 0 Å². The van der Waals surface area contributed by atoms with Crippen molar-refractivity contribution in [1.29, 1.82) is 0 Å². The van der Waals surface area contributed by atoms with Gasteiger partial charge in [-0.15, -0.1) is 0 Å². The zero-order valence-electron chi connectivity index (χ0n) is 11.0. The van der Waals surface area contributed by atoms with Crippen molar-refractivity contribution in [3.05, 3.63) is 34.9 Å². The second kappa shape index (κ2) is 7.70. The predicted octanol–water partition coefficient (Wildman–Crippen LogP) is 3.73. The molecule has 0 bridgehead atoms. The summed E-state index contributed by atoms with van der Waals surface area (Å²) < 4.78 is 0. The maximum atomic E-state index is 6.19.